The second-order valence-corrected chi connectivity index (χ2v) is 4.61. The molecule has 0 fully saturated rings. The second kappa shape index (κ2) is 6.07. The summed E-state index contributed by atoms with van der Waals surface area (Å²) in [6.45, 7) is 0. The Morgan fingerprint density at radius 1 is 1.04 bits per heavy atom. The molecular formula is C14H7F4N5O. The molecule has 0 unspecified atom stereocenters. The molecule has 1 amide bonds. The zero-order valence-corrected chi connectivity index (χ0v) is 11.7. The van der Waals surface area contributed by atoms with Crippen LogP contribution in [0.4, 0.5) is 23.2 Å². The molecule has 3 aromatic rings. The Morgan fingerprint density at radius 2 is 1.83 bits per heavy atom. The fraction of sp³-hybridized carbons (Fsp3) is 0. The SMILES string of the molecule is O=C(Nc1cccc(-n2cnnn2)c1)c1cc(F)c(F)c(F)c1F. The number of aromatic nitrogens is 4. The molecule has 122 valence electrons. The van der Waals surface area contributed by atoms with E-state index in [0.29, 0.717) is 5.69 Å². The van der Waals surface area contributed by atoms with Gasteiger partial charge in [-0.3, -0.25) is 4.79 Å². The minimum atomic E-state index is -2.05. The van der Waals surface area contributed by atoms with Gasteiger partial charge in [-0.2, -0.15) is 0 Å². The fourth-order valence-electron chi connectivity index (χ4n) is 1.94. The summed E-state index contributed by atoms with van der Waals surface area (Å²) >= 11 is 0. The van der Waals surface area contributed by atoms with Crippen molar-refractivity contribution in [1.29, 1.82) is 0 Å². The van der Waals surface area contributed by atoms with Crippen LogP contribution in [0.15, 0.2) is 36.7 Å². The number of nitrogens with one attached hydrogen (secondary N) is 1. The molecule has 0 spiro atoms. The Balaban J connectivity index is 1.90. The molecule has 0 aliphatic carbocycles. The first kappa shape index (κ1) is 15.6. The number of hydrogen-bond donors (Lipinski definition) is 1. The van der Waals surface area contributed by atoms with Crippen LogP contribution in [0.3, 0.4) is 0 Å². The summed E-state index contributed by atoms with van der Waals surface area (Å²) < 4.78 is 54.2. The number of tetrazole rings is 1. The van der Waals surface area contributed by atoms with Crippen LogP contribution in [-0.4, -0.2) is 26.1 Å². The lowest BCUT2D eigenvalue weighted by atomic mass is 10.1. The lowest BCUT2D eigenvalue weighted by Gasteiger charge is -2.09. The zero-order chi connectivity index (χ0) is 17.3. The normalized spacial score (nSPS) is 10.7. The van der Waals surface area contributed by atoms with Gasteiger partial charge in [0.05, 0.1) is 11.3 Å². The van der Waals surface area contributed by atoms with Crippen LogP contribution in [0.1, 0.15) is 10.4 Å². The van der Waals surface area contributed by atoms with Crippen molar-refractivity contribution in [3.05, 3.63) is 65.5 Å². The lowest BCUT2D eigenvalue weighted by Crippen LogP contribution is -2.16. The maximum Gasteiger partial charge on any atom is 0.258 e. The molecule has 0 radical (unpaired) electrons. The summed E-state index contributed by atoms with van der Waals surface area (Å²) in [5.74, 6) is -8.61. The van der Waals surface area contributed by atoms with Crippen LogP contribution in [-0.2, 0) is 0 Å². The summed E-state index contributed by atoms with van der Waals surface area (Å²) in [4.78, 5) is 12.0. The van der Waals surface area contributed by atoms with Crippen LogP contribution in [0.5, 0.6) is 0 Å². The Kier molecular flexibility index (Phi) is 3.94. The fourth-order valence-corrected chi connectivity index (χ4v) is 1.94. The third kappa shape index (κ3) is 2.81. The van der Waals surface area contributed by atoms with Crippen molar-refractivity contribution >= 4 is 11.6 Å². The number of carbonyl (C=O) groups is 1. The van der Waals surface area contributed by atoms with Crippen LogP contribution < -0.4 is 5.32 Å². The molecule has 10 heteroatoms. The number of carbonyl (C=O) groups excluding carboxylic acids is 1. The maximum atomic E-state index is 13.6. The van der Waals surface area contributed by atoms with E-state index in [9.17, 15) is 22.4 Å². The predicted molar refractivity (Wildman–Crippen MR) is 73.4 cm³/mol. The van der Waals surface area contributed by atoms with E-state index in [2.05, 4.69) is 20.8 Å². The van der Waals surface area contributed by atoms with Gasteiger partial charge >= 0.3 is 0 Å². The van der Waals surface area contributed by atoms with Gasteiger partial charge < -0.3 is 5.32 Å². The Labute approximate surface area is 131 Å². The van der Waals surface area contributed by atoms with E-state index in [1.807, 2.05) is 0 Å². The highest BCUT2D eigenvalue weighted by molar-refractivity contribution is 6.04. The molecule has 2 aromatic carbocycles. The number of halogens is 4. The monoisotopic (exact) mass is 337 g/mol. The quantitative estimate of drug-likeness (QED) is 0.453. The summed E-state index contributed by atoms with van der Waals surface area (Å²) in [7, 11) is 0. The van der Waals surface area contributed by atoms with Gasteiger partial charge in [-0.05, 0) is 34.7 Å². The highest BCUT2D eigenvalue weighted by Crippen LogP contribution is 2.20. The highest BCUT2D eigenvalue weighted by Gasteiger charge is 2.23. The molecule has 3 rings (SSSR count). The minimum Gasteiger partial charge on any atom is -0.322 e. The van der Waals surface area contributed by atoms with Crippen molar-refractivity contribution in [2.24, 2.45) is 0 Å². The summed E-state index contributed by atoms with van der Waals surface area (Å²) in [6.07, 6.45) is 1.31. The van der Waals surface area contributed by atoms with Gasteiger partial charge in [-0.25, -0.2) is 22.2 Å². The van der Waals surface area contributed by atoms with E-state index in [1.165, 1.54) is 23.1 Å². The van der Waals surface area contributed by atoms with Crippen molar-refractivity contribution in [2.75, 3.05) is 5.32 Å². The van der Waals surface area contributed by atoms with E-state index < -0.39 is 34.7 Å². The van der Waals surface area contributed by atoms with E-state index in [-0.39, 0.29) is 11.8 Å². The lowest BCUT2D eigenvalue weighted by molar-refractivity contribution is 0.102. The average Bonchev–Trinajstić information content (AvgIpc) is 3.11. The molecule has 6 nitrogen and oxygen atoms in total. The van der Waals surface area contributed by atoms with Crippen molar-refractivity contribution in [3.63, 3.8) is 0 Å². The van der Waals surface area contributed by atoms with Crippen molar-refractivity contribution in [1.82, 2.24) is 20.2 Å². The molecule has 0 bridgehead atoms. The number of benzene rings is 2. The van der Waals surface area contributed by atoms with E-state index in [4.69, 9.17) is 0 Å². The molecule has 1 N–H and O–H groups in total. The third-order valence-corrected chi connectivity index (χ3v) is 3.06. The first-order chi connectivity index (χ1) is 11.5. The Bertz CT molecular complexity index is 914. The van der Waals surface area contributed by atoms with Gasteiger partial charge in [0.2, 0.25) is 0 Å². The van der Waals surface area contributed by atoms with Gasteiger partial charge in [-0.1, -0.05) is 6.07 Å². The molecule has 1 heterocycles. The largest absolute Gasteiger partial charge is 0.322 e. The van der Waals surface area contributed by atoms with E-state index in [1.54, 1.807) is 12.1 Å². The first-order valence-electron chi connectivity index (χ1n) is 6.45. The van der Waals surface area contributed by atoms with E-state index in [0.717, 1.165) is 0 Å². The van der Waals surface area contributed by atoms with Gasteiger partial charge in [0.1, 0.15) is 6.33 Å². The molecule has 0 aliphatic rings. The maximum absolute atomic E-state index is 13.6. The third-order valence-electron chi connectivity index (χ3n) is 3.06. The number of rotatable bonds is 3. The number of hydrogen-bond acceptors (Lipinski definition) is 4. The molecule has 0 aliphatic heterocycles. The molecule has 24 heavy (non-hydrogen) atoms. The standard InChI is InChI=1S/C14H7F4N5O/c15-10-5-9(11(16)13(18)12(10)17)14(24)20-7-2-1-3-8(4-7)23-6-19-21-22-23/h1-6H,(H,20,24). The van der Waals surface area contributed by atoms with Gasteiger partial charge in [0.15, 0.2) is 23.3 Å². The molecule has 0 saturated carbocycles. The van der Waals surface area contributed by atoms with Gasteiger partial charge in [0, 0.05) is 5.69 Å². The topological polar surface area (TPSA) is 72.7 Å². The zero-order valence-electron chi connectivity index (χ0n) is 11.7. The van der Waals surface area contributed by atoms with Gasteiger partial charge in [-0.15, -0.1) is 5.10 Å². The smallest absolute Gasteiger partial charge is 0.258 e. The summed E-state index contributed by atoms with van der Waals surface area (Å²) in [5, 5.41) is 12.8. The molecule has 0 saturated heterocycles. The Morgan fingerprint density at radius 3 is 2.54 bits per heavy atom. The van der Waals surface area contributed by atoms with Crippen molar-refractivity contribution < 1.29 is 22.4 Å². The van der Waals surface area contributed by atoms with E-state index >= 15 is 0 Å². The predicted octanol–water partition coefficient (Wildman–Crippen LogP) is 2.47. The molecular weight excluding hydrogens is 330 g/mol. The second-order valence-electron chi connectivity index (χ2n) is 4.61. The van der Waals surface area contributed by atoms with Crippen molar-refractivity contribution in [3.8, 4) is 5.69 Å². The van der Waals surface area contributed by atoms with Gasteiger partial charge in [0.25, 0.3) is 5.91 Å². The van der Waals surface area contributed by atoms with Crippen LogP contribution in [0.25, 0.3) is 5.69 Å². The number of anilines is 1. The Hall–Kier alpha value is -3.30. The van der Waals surface area contributed by atoms with Crippen LogP contribution >= 0.6 is 0 Å². The van der Waals surface area contributed by atoms with Crippen LogP contribution in [0, 0.1) is 23.3 Å². The van der Waals surface area contributed by atoms with Crippen molar-refractivity contribution in [2.45, 2.75) is 0 Å². The summed E-state index contributed by atoms with van der Waals surface area (Å²) in [6, 6.07) is 6.37. The first-order valence-corrected chi connectivity index (χ1v) is 6.45. The summed E-state index contributed by atoms with van der Waals surface area (Å²) in [5.41, 5.74) is -0.286. The minimum absolute atomic E-state index is 0.192. The average molecular weight is 337 g/mol. The van der Waals surface area contributed by atoms with Crippen LogP contribution in [0.2, 0.25) is 0 Å². The number of amides is 1. The number of nitrogens with zero attached hydrogens (tertiary/aromatic N) is 4. The molecule has 0 atom stereocenters. The molecule has 1 aromatic heterocycles. The highest BCUT2D eigenvalue weighted by atomic mass is 19.2.